The maximum absolute atomic E-state index is 12.7. The third-order valence-corrected chi connectivity index (χ3v) is 4.97. The number of rotatable bonds is 2. The number of nitrogens with zero attached hydrogens (tertiary/aromatic N) is 1. The number of aliphatic imine (C=N–C) groups is 1. The number of sulfone groups is 1. The van der Waals surface area contributed by atoms with E-state index in [1.54, 1.807) is 6.07 Å². The molecule has 0 saturated carbocycles. The van der Waals surface area contributed by atoms with Gasteiger partial charge in [-0.3, -0.25) is 4.99 Å². The van der Waals surface area contributed by atoms with Crippen LogP contribution in [0.3, 0.4) is 0 Å². The van der Waals surface area contributed by atoms with Crippen molar-refractivity contribution in [3.63, 3.8) is 0 Å². The van der Waals surface area contributed by atoms with E-state index in [2.05, 4.69) is 10.3 Å². The van der Waals surface area contributed by atoms with Crippen LogP contribution < -0.4 is 5.32 Å². The quantitative estimate of drug-likeness (QED) is 0.884. The number of benzodiazepines with no additional fused rings is 1. The minimum absolute atomic E-state index is 0.134. The minimum atomic E-state index is -4.41. The highest BCUT2D eigenvalue weighted by Crippen LogP contribution is 2.30. The molecule has 0 bridgehead atoms. The van der Waals surface area contributed by atoms with Crippen molar-refractivity contribution < 1.29 is 21.6 Å². The molecule has 3 rings (SSSR count). The van der Waals surface area contributed by atoms with Crippen molar-refractivity contribution in [2.24, 2.45) is 4.99 Å². The Kier molecular flexibility index (Phi) is 4.32. The Bertz CT molecular complexity index is 933. The highest BCUT2D eigenvalue weighted by atomic mass is 32.2. The van der Waals surface area contributed by atoms with Gasteiger partial charge in [0.25, 0.3) is 0 Å². The van der Waals surface area contributed by atoms with Crippen LogP contribution in [-0.2, 0) is 16.0 Å². The molecule has 4 nitrogen and oxygen atoms in total. The van der Waals surface area contributed by atoms with Gasteiger partial charge in [0.1, 0.15) is 0 Å². The lowest BCUT2D eigenvalue weighted by molar-refractivity contribution is -0.137. The third kappa shape index (κ3) is 3.68. The Morgan fingerprint density at radius 3 is 2.36 bits per heavy atom. The second-order valence-corrected chi connectivity index (χ2v) is 7.73. The van der Waals surface area contributed by atoms with Crippen molar-refractivity contribution in [2.45, 2.75) is 11.1 Å². The van der Waals surface area contributed by atoms with Crippen LogP contribution in [0.25, 0.3) is 0 Å². The molecule has 25 heavy (non-hydrogen) atoms. The van der Waals surface area contributed by atoms with Crippen LogP contribution >= 0.6 is 0 Å². The number of hydrogen-bond donors (Lipinski definition) is 1. The Morgan fingerprint density at radius 2 is 1.76 bits per heavy atom. The lowest BCUT2D eigenvalue weighted by atomic mass is 9.99. The summed E-state index contributed by atoms with van der Waals surface area (Å²) in [5, 5.41) is 3.15. The Labute approximate surface area is 143 Å². The van der Waals surface area contributed by atoms with Crippen LogP contribution in [0, 0.1) is 0 Å². The molecule has 0 aromatic heterocycles. The van der Waals surface area contributed by atoms with E-state index in [1.807, 2.05) is 0 Å². The van der Waals surface area contributed by atoms with Gasteiger partial charge in [-0.05, 0) is 30.3 Å². The number of benzene rings is 2. The van der Waals surface area contributed by atoms with Crippen LogP contribution in [0.4, 0.5) is 18.9 Å². The molecule has 0 atom stereocenters. The monoisotopic (exact) mass is 368 g/mol. The molecule has 2 aromatic rings. The van der Waals surface area contributed by atoms with Crippen molar-refractivity contribution in [1.82, 2.24) is 0 Å². The van der Waals surface area contributed by atoms with Gasteiger partial charge in [0.2, 0.25) is 0 Å². The van der Waals surface area contributed by atoms with Gasteiger partial charge in [-0.25, -0.2) is 8.42 Å². The fourth-order valence-electron chi connectivity index (χ4n) is 2.61. The van der Waals surface area contributed by atoms with Gasteiger partial charge in [0.05, 0.1) is 22.7 Å². The van der Waals surface area contributed by atoms with Crippen molar-refractivity contribution in [3.8, 4) is 0 Å². The van der Waals surface area contributed by atoms with Gasteiger partial charge in [0.15, 0.2) is 9.84 Å². The van der Waals surface area contributed by atoms with Crippen LogP contribution in [0.15, 0.2) is 52.4 Å². The fraction of sp³-hybridized carbons (Fsp3) is 0.235. The predicted octanol–water partition coefficient (Wildman–Crippen LogP) is 3.37. The molecule has 1 aliphatic rings. The van der Waals surface area contributed by atoms with Gasteiger partial charge in [-0.2, -0.15) is 13.2 Å². The van der Waals surface area contributed by atoms with Gasteiger partial charge in [0, 0.05) is 29.6 Å². The minimum Gasteiger partial charge on any atom is -0.383 e. The molecular formula is C17H15F3N2O2S. The molecule has 2 aromatic carbocycles. The summed E-state index contributed by atoms with van der Waals surface area (Å²) in [6.07, 6.45) is -3.31. The number of halogens is 3. The van der Waals surface area contributed by atoms with Crippen molar-refractivity contribution in [3.05, 3.63) is 59.2 Å². The molecule has 0 aliphatic carbocycles. The lowest BCUT2D eigenvalue weighted by Crippen LogP contribution is -2.09. The van der Waals surface area contributed by atoms with E-state index in [-0.39, 0.29) is 4.90 Å². The highest BCUT2D eigenvalue weighted by molar-refractivity contribution is 7.90. The number of hydrogen-bond acceptors (Lipinski definition) is 4. The topological polar surface area (TPSA) is 58.5 Å². The van der Waals surface area contributed by atoms with E-state index in [4.69, 9.17) is 0 Å². The normalized spacial score (nSPS) is 15.0. The van der Waals surface area contributed by atoms with Crippen LogP contribution in [0.1, 0.15) is 16.7 Å². The summed E-state index contributed by atoms with van der Waals surface area (Å²) in [6.45, 7) is 0.981. The number of nitrogens with one attached hydrogen (secondary N) is 1. The van der Waals surface area contributed by atoms with E-state index >= 15 is 0 Å². The second-order valence-electron chi connectivity index (χ2n) is 5.71. The van der Waals surface area contributed by atoms with E-state index in [0.717, 1.165) is 18.4 Å². The molecule has 0 unspecified atom stereocenters. The van der Waals surface area contributed by atoms with Crippen LogP contribution in [-0.4, -0.2) is 33.5 Å². The molecule has 1 heterocycles. The highest BCUT2D eigenvalue weighted by Gasteiger charge is 2.30. The van der Waals surface area contributed by atoms with Crippen LogP contribution in [0.2, 0.25) is 0 Å². The molecule has 0 amide bonds. The fourth-order valence-corrected chi connectivity index (χ4v) is 3.26. The molecule has 132 valence electrons. The first-order valence-electron chi connectivity index (χ1n) is 7.47. The first-order valence-corrected chi connectivity index (χ1v) is 9.36. The van der Waals surface area contributed by atoms with Crippen molar-refractivity contribution >= 4 is 21.2 Å². The largest absolute Gasteiger partial charge is 0.416 e. The molecule has 0 saturated heterocycles. The number of alkyl halides is 3. The van der Waals surface area contributed by atoms with Crippen LogP contribution in [0.5, 0.6) is 0 Å². The first-order chi connectivity index (χ1) is 11.7. The van der Waals surface area contributed by atoms with E-state index in [0.29, 0.717) is 35.6 Å². The summed E-state index contributed by atoms with van der Waals surface area (Å²) < 4.78 is 61.9. The average molecular weight is 368 g/mol. The van der Waals surface area contributed by atoms with Crippen molar-refractivity contribution in [1.29, 1.82) is 0 Å². The molecule has 0 spiro atoms. The lowest BCUT2D eigenvalue weighted by Gasteiger charge is -2.13. The summed E-state index contributed by atoms with van der Waals surface area (Å²) in [6, 6.07) is 9.34. The summed E-state index contributed by atoms with van der Waals surface area (Å²) in [7, 11) is -3.41. The zero-order valence-electron chi connectivity index (χ0n) is 13.3. The van der Waals surface area contributed by atoms with E-state index < -0.39 is 21.6 Å². The molecule has 1 aliphatic heterocycles. The zero-order chi connectivity index (χ0) is 18.2. The van der Waals surface area contributed by atoms with Gasteiger partial charge in [-0.1, -0.05) is 12.1 Å². The summed E-state index contributed by atoms with van der Waals surface area (Å²) in [5.41, 5.74) is 1.49. The third-order valence-electron chi connectivity index (χ3n) is 3.86. The maximum Gasteiger partial charge on any atom is 0.416 e. The van der Waals surface area contributed by atoms with E-state index in [9.17, 15) is 21.6 Å². The summed E-state index contributed by atoms with van der Waals surface area (Å²) in [5.74, 6) is 0. The van der Waals surface area contributed by atoms with Gasteiger partial charge >= 0.3 is 6.18 Å². The molecule has 0 fully saturated rings. The first kappa shape index (κ1) is 17.5. The zero-order valence-corrected chi connectivity index (χ0v) is 14.1. The average Bonchev–Trinajstić information content (AvgIpc) is 2.75. The predicted molar refractivity (Wildman–Crippen MR) is 90.0 cm³/mol. The van der Waals surface area contributed by atoms with Gasteiger partial charge in [-0.15, -0.1) is 0 Å². The van der Waals surface area contributed by atoms with Gasteiger partial charge < -0.3 is 5.32 Å². The Balaban J connectivity index is 2.10. The molecule has 0 radical (unpaired) electrons. The molecule has 8 heteroatoms. The van der Waals surface area contributed by atoms with E-state index in [1.165, 1.54) is 24.3 Å². The Hall–Kier alpha value is -2.35. The number of anilines is 1. The van der Waals surface area contributed by atoms with Crippen molar-refractivity contribution in [2.75, 3.05) is 24.7 Å². The Morgan fingerprint density at radius 1 is 1.08 bits per heavy atom. The smallest absolute Gasteiger partial charge is 0.383 e. The number of fused-ring (bicyclic) bond motifs is 1. The second kappa shape index (κ2) is 6.18. The maximum atomic E-state index is 12.7. The standard InChI is InChI=1S/C17H15F3N2O2S/c1-25(23,24)13-6-7-15-14(10-13)16(22-9-8-21-15)11-2-4-12(5-3-11)17(18,19)20/h2-7,10,21H,8-9H2,1H3. The SMILES string of the molecule is CS(=O)(=O)c1ccc2c(c1)C(c1ccc(C(F)(F)F)cc1)=NCCN2. The molecule has 1 N–H and O–H groups in total. The summed E-state index contributed by atoms with van der Waals surface area (Å²) >= 11 is 0. The summed E-state index contributed by atoms with van der Waals surface area (Å²) in [4.78, 5) is 4.56. The molecular weight excluding hydrogens is 353 g/mol.